The van der Waals surface area contributed by atoms with E-state index in [4.69, 9.17) is 9.47 Å². The van der Waals surface area contributed by atoms with Crippen molar-refractivity contribution in [1.29, 1.82) is 0 Å². The summed E-state index contributed by atoms with van der Waals surface area (Å²) < 4.78 is 50.1. The summed E-state index contributed by atoms with van der Waals surface area (Å²) in [6, 6.07) is 6.97. The first-order valence-electron chi connectivity index (χ1n) is 9.01. The highest BCUT2D eigenvalue weighted by Gasteiger charge is 2.36. The molecule has 1 aromatic carbocycles. The Kier molecular flexibility index (Phi) is 7.69. The summed E-state index contributed by atoms with van der Waals surface area (Å²) in [7, 11) is 0. The topological polar surface area (TPSA) is 56.3 Å². The number of hydrogen-bond donors (Lipinski definition) is 1. The van der Waals surface area contributed by atoms with Crippen LogP contribution in [0.5, 0.6) is 11.6 Å². The van der Waals surface area contributed by atoms with Gasteiger partial charge in [-0.2, -0.15) is 18.2 Å². The fraction of sp³-hybridized carbons (Fsp3) is 0.474. The Morgan fingerprint density at radius 1 is 1.00 bits per heavy atom. The number of halogens is 3. The molecule has 0 amide bonds. The van der Waals surface area contributed by atoms with Crippen LogP contribution in [0.4, 0.5) is 24.8 Å². The zero-order valence-electron chi connectivity index (χ0n) is 15.5. The average molecular weight is 383 g/mol. The molecule has 1 N–H and O–H groups in total. The van der Waals surface area contributed by atoms with Crippen molar-refractivity contribution in [3.63, 3.8) is 0 Å². The monoisotopic (exact) mass is 383 g/mol. The smallest absolute Gasteiger partial charge is 0.423 e. The molecule has 0 unspecified atom stereocenters. The van der Waals surface area contributed by atoms with Crippen LogP contribution in [0.2, 0.25) is 0 Å². The number of anilines is 2. The molecule has 1 aromatic heterocycles. The minimum atomic E-state index is -4.57. The van der Waals surface area contributed by atoms with Gasteiger partial charge in [-0.15, -0.1) is 0 Å². The third-order valence-electron chi connectivity index (χ3n) is 3.72. The molecule has 2 rings (SSSR count). The van der Waals surface area contributed by atoms with Gasteiger partial charge in [-0.05, 0) is 37.6 Å². The predicted molar refractivity (Wildman–Crippen MR) is 97.6 cm³/mol. The molecule has 8 heteroatoms. The van der Waals surface area contributed by atoms with E-state index >= 15 is 0 Å². The fourth-order valence-corrected chi connectivity index (χ4v) is 2.36. The van der Waals surface area contributed by atoms with Crippen molar-refractivity contribution < 1.29 is 22.6 Å². The molecule has 0 aliphatic rings. The Bertz CT molecular complexity index is 706. The van der Waals surface area contributed by atoms with Gasteiger partial charge < -0.3 is 14.8 Å². The Labute approximate surface area is 156 Å². The van der Waals surface area contributed by atoms with Crippen molar-refractivity contribution in [2.75, 3.05) is 18.5 Å². The van der Waals surface area contributed by atoms with E-state index in [1.54, 1.807) is 24.3 Å². The van der Waals surface area contributed by atoms with Gasteiger partial charge in [0.2, 0.25) is 11.8 Å². The summed E-state index contributed by atoms with van der Waals surface area (Å²) in [4.78, 5) is 7.68. The highest BCUT2D eigenvalue weighted by atomic mass is 19.4. The van der Waals surface area contributed by atoms with Crippen molar-refractivity contribution in [2.24, 2.45) is 0 Å². The number of benzene rings is 1. The van der Waals surface area contributed by atoms with Crippen LogP contribution in [0.3, 0.4) is 0 Å². The van der Waals surface area contributed by atoms with Crippen molar-refractivity contribution in [3.05, 3.63) is 36.0 Å². The van der Waals surface area contributed by atoms with E-state index < -0.39 is 17.6 Å². The van der Waals surface area contributed by atoms with E-state index in [1.165, 1.54) is 0 Å². The van der Waals surface area contributed by atoms with Crippen LogP contribution in [-0.2, 0) is 6.18 Å². The number of hydrogen-bond acceptors (Lipinski definition) is 5. The van der Waals surface area contributed by atoms with Crippen LogP contribution in [0, 0.1) is 0 Å². The highest BCUT2D eigenvalue weighted by Crippen LogP contribution is 2.35. The first kappa shape index (κ1) is 20.8. The maximum absolute atomic E-state index is 13.2. The molecule has 0 atom stereocenters. The van der Waals surface area contributed by atoms with Crippen molar-refractivity contribution >= 4 is 11.6 Å². The van der Waals surface area contributed by atoms with Gasteiger partial charge in [0.15, 0.2) is 0 Å². The van der Waals surface area contributed by atoms with Crippen LogP contribution in [-0.4, -0.2) is 23.2 Å². The lowest BCUT2D eigenvalue weighted by Gasteiger charge is -2.14. The SMILES string of the molecule is CCCCCCOc1nc(Nc2ccc(OCC)cc2)ncc1C(F)(F)F. The van der Waals surface area contributed by atoms with Crippen LogP contribution in [0.15, 0.2) is 30.5 Å². The number of nitrogens with one attached hydrogen (secondary N) is 1. The molecule has 0 bridgehead atoms. The largest absolute Gasteiger partial charge is 0.494 e. The summed E-state index contributed by atoms with van der Waals surface area (Å²) in [6.07, 6.45) is -0.194. The normalized spacial score (nSPS) is 11.3. The molecule has 0 radical (unpaired) electrons. The molecular formula is C19H24F3N3O2. The zero-order chi connectivity index (χ0) is 19.7. The number of aromatic nitrogens is 2. The third kappa shape index (κ3) is 6.62. The van der Waals surface area contributed by atoms with Crippen LogP contribution in [0.25, 0.3) is 0 Å². The summed E-state index contributed by atoms with van der Waals surface area (Å²) in [5.74, 6) is 0.283. The van der Waals surface area contributed by atoms with E-state index in [0.717, 1.165) is 25.5 Å². The lowest BCUT2D eigenvalue weighted by atomic mass is 10.2. The standard InChI is InChI=1S/C19H24F3N3O2/c1-3-5-6-7-12-27-17-16(19(20,21)22)13-23-18(25-17)24-14-8-10-15(11-9-14)26-4-2/h8-11,13H,3-7,12H2,1-2H3,(H,23,24,25). The molecule has 27 heavy (non-hydrogen) atoms. The second-order valence-corrected chi connectivity index (χ2v) is 5.90. The van der Waals surface area contributed by atoms with Crippen LogP contribution < -0.4 is 14.8 Å². The number of nitrogens with zero attached hydrogens (tertiary/aromatic N) is 2. The molecule has 0 fully saturated rings. The van der Waals surface area contributed by atoms with Gasteiger partial charge in [-0.1, -0.05) is 26.2 Å². The molecule has 0 saturated heterocycles. The highest BCUT2D eigenvalue weighted by molar-refractivity contribution is 5.55. The van der Waals surface area contributed by atoms with Gasteiger partial charge in [0.1, 0.15) is 11.3 Å². The van der Waals surface area contributed by atoms with Gasteiger partial charge in [0.05, 0.1) is 13.2 Å². The van der Waals surface area contributed by atoms with E-state index in [1.807, 2.05) is 6.92 Å². The lowest BCUT2D eigenvalue weighted by molar-refractivity contribution is -0.139. The van der Waals surface area contributed by atoms with Gasteiger partial charge >= 0.3 is 6.18 Å². The molecule has 0 spiro atoms. The van der Waals surface area contributed by atoms with Gasteiger partial charge in [-0.25, -0.2) is 4.98 Å². The van der Waals surface area contributed by atoms with Crippen LogP contribution in [0.1, 0.15) is 45.1 Å². The number of rotatable bonds is 10. The van der Waals surface area contributed by atoms with E-state index in [9.17, 15) is 13.2 Å². The Morgan fingerprint density at radius 3 is 2.37 bits per heavy atom. The number of ether oxygens (including phenoxy) is 2. The zero-order valence-corrected chi connectivity index (χ0v) is 15.5. The van der Waals surface area contributed by atoms with Gasteiger partial charge in [0, 0.05) is 11.9 Å². The molecule has 1 heterocycles. The van der Waals surface area contributed by atoms with Crippen molar-refractivity contribution in [2.45, 2.75) is 45.7 Å². The minimum Gasteiger partial charge on any atom is -0.494 e. The lowest BCUT2D eigenvalue weighted by Crippen LogP contribution is -2.13. The van der Waals surface area contributed by atoms with Gasteiger partial charge in [-0.3, -0.25) is 0 Å². The van der Waals surface area contributed by atoms with E-state index in [0.29, 0.717) is 24.5 Å². The second-order valence-electron chi connectivity index (χ2n) is 5.90. The first-order valence-corrected chi connectivity index (χ1v) is 9.01. The second kappa shape index (κ2) is 9.99. The molecule has 0 aliphatic carbocycles. The molecule has 5 nitrogen and oxygen atoms in total. The summed E-state index contributed by atoms with van der Waals surface area (Å²) in [5.41, 5.74) is -0.345. The first-order chi connectivity index (χ1) is 12.9. The maximum atomic E-state index is 13.2. The van der Waals surface area contributed by atoms with E-state index in [-0.39, 0.29) is 12.6 Å². The molecule has 148 valence electrons. The quantitative estimate of drug-likeness (QED) is 0.542. The predicted octanol–water partition coefficient (Wildman–Crippen LogP) is 5.60. The number of unbranched alkanes of at least 4 members (excludes halogenated alkanes) is 3. The molecule has 0 aliphatic heterocycles. The maximum Gasteiger partial charge on any atom is 0.423 e. The average Bonchev–Trinajstić information content (AvgIpc) is 2.63. The summed E-state index contributed by atoms with van der Waals surface area (Å²) in [6.45, 7) is 4.67. The fourth-order valence-electron chi connectivity index (χ4n) is 2.36. The minimum absolute atomic E-state index is 0.0377. The number of alkyl halides is 3. The van der Waals surface area contributed by atoms with Crippen molar-refractivity contribution in [3.8, 4) is 11.6 Å². The summed E-state index contributed by atoms with van der Waals surface area (Å²) >= 11 is 0. The Balaban J connectivity index is 2.11. The molecule has 2 aromatic rings. The third-order valence-corrected chi connectivity index (χ3v) is 3.72. The molecule has 0 saturated carbocycles. The van der Waals surface area contributed by atoms with Crippen molar-refractivity contribution in [1.82, 2.24) is 9.97 Å². The Morgan fingerprint density at radius 2 is 1.74 bits per heavy atom. The van der Waals surface area contributed by atoms with Gasteiger partial charge in [0.25, 0.3) is 0 Å². The van der Waals surface area contributed by atoms with Crippen LogP contribution >= 0.6 is 0 Å². The van der Waals surface area contributed by atoms with E-state index in [2.05, 4.69) is 22.2 Å². The summed E-state index contributed by atoms with van der Waals surface area (Å²) in [5, 5.41) is 2.88. The Hall–Kier alpha value is -2.51. The molecular weight excluding hydrogens is 359 g/mol.